The van der Waals surface area contributed by atoms with E-state index in [1.807, 2.05) is 13.0 Å². The Bertz CT molecular complexity index is 1120. The van der Waals surface area contributed by atoms with E-state index in [0.29, 0.717) is 29.0 Å². The molecule has 0 spiro atoms. The van der Waals surface area contributed by atoms with E-state index in [9.17, 15) is 14.4 Å². The van der Waals surface area contributed by atoms with Gasteiger partial charge in [0.2, 0.25) is 0 Å². The molecule has 3 aromatic rings. The van der Waals surface area contributed by atoms with E-state index in [2.05, 4.69) is 26.2 Å². The van der Waals surface area contributed by atoms with Crippen molar-refractivity contribution in [2.45, 2.75) is 20.4 Å². The Labute approximate surface area is 169 Å². The number of aryl methyl sites for hydroxylation is 2. The van der Waals surface area contributed by atoms with Gasteiger partial charge >= 0.3 is 5.97 Å². The summed E-state index contributed by atoms with van der Waals surface area (Å²) < 4.78 is 7.42. The molecule has 3 rings (SSSR count). The summed E-state index contributed by atoms with van der Waals surface area (Å²) in [5.41, 5.74) is 2.20. The minimum absolute atomic E-state index is 0.158. The van der Waals surface area contributed by atoms with Gasteiger partial charge in [-0.15, -0.1) is 0 Å². The van der Waals surface area contributed by atoms with Gasteiger partial charge in [-0.05, 0) is 60.1 Å². The lowest BCUT2D eigenvalue weighted by atomic mass is 10.2. The quantitative estimate of drug-likeness (QED) is 0.610. The van der Waals surface area contributed by atoms with Crippen molar-refractivity contribution in [3.63, 3.8) is 0 Å². The van der Waals surface area contributed by atoms with E-state index in [4.69, 9.17) is 4.74 Å². The fraction of sp³-hybridized carbons (Fsp3) is 0.200. The Hall–Kier alpha value is -3.00. The van der Waals surface area contributed by atoms with E-state index in [-0.39, 0.29) is 11.1 Å². The molecular formula is C20H18BrN3O4. The number of para-hydroxylation sites is 1. The first-order valence-electron chi connectivity index (χ1n) is 8.63. The number of anilines is 1. The zero-order valence-electron chi connectivity index (χ0n) is 15.4. The number of amides is 1. The van der Waals surface area contributed by atoms with Crippen LogP contribution in [0.1, 0.15) is 23.0 Å². The number of hydrogen-bond acceptors (Lipinski definition) is 5. The van der Waals surface area contributed by atoms with Crippen molar-refractivity contribution in [3.8, 4) is 0 Å². The van der Waals surface area contributed by atoms with Gasteiger partial charge in [0, 0.05) is 11.0 Å². The zero-order valence-corrected chi connectivity index (χ0v) is 16.9. The molecule has 1 aromatic heterocycles. The molecule has 0 unspecified atom stereocenters. The van der Waals surface area contributed by atoms with Gasteiger partial charge in [0.05, 0.1) is 22.3 Å². The van der Waals surface area contributed by atoms with Crippen molar-refractivity contribution in [2.75, 3.05) is 11.9 Å². The van der Waals surface area contributed by atoms with E-state index < -0.39 is 18.5 Å². The number of hydrogen-bond donors (Lipinski definition) is 1. The highest BCUT2D eigenvalue weighted by Crippen LogP contribution is 2.21. The van der Waals surface area contributed by atoms with Crippen LogP contribution in [-0.4, -0.2) is 28.0 Å². The predicted molar refractivity (Wildman–Crippen MR) is 109 cm³/mol. The first-order valence-corrected chi connectivity index (χ1v) is 9.42. The summed E-state index contributed by atoms with van der Waals surface area (Å²) in [5, 5.41) is 2.66. The predicted octanol–water partition coefficient (Wildman–Crippen LogP) is 3.28. The second kappa shape index (κ2) is 8.35. The second-order valence-corrected chi connectivity index (χ2v) is 6.91. The lowest BCUT2D eigenvalue weighted by Crippen LogP contribution is -2.23. The number of benzene rings is 2. The van der Waals surface area contributed by atoms with E-state index in [0.717, 1.165) is 4.47 Å². The molecule has 0 saturated carbocycles. The maximum Gasteiger partial charge on any atom is 0.338 e. The van der Waals surface area contributed by atoms with E-state index in [1.165, 1.54) is 0 Å². The fourth-order valence-electron chi connectivity index (χ4n) is 2.78. The van der Waals surface area contributed by atoms with Crippen molar-refractivity contribution in [1.29, 1.82) is 0 Å². The summed E-state index contributed by atoms with van der Waals surface area (Å²) in [6.07, 6.45) is 0. The van der Waals surface area contributed by atoms with Crippen LogP contribution >= 0.6 is 15.9 Å². The lowest BCUT2D eigenvalue weighted by Gasteiger charge is -2.10. The van der Waals surface area contributed by atoms with Crippen LogP contribution in [0.5, 0.6) is 0 Å². The van der Waals surface area contributed by atoms with Crippen molar-refractivity contribution < 1.29 is 14.3 Å². The van der Waals surface area contributed by atoms with Gasteiger partial charge in [-0.25, -0.2) is 9.78 Å². The largest absolute Gasteiger partial charge is 0.452 e. The highest BCUT2D eigenvalue weighted by Gasteiger charge is 2.14. The van der Waals surface area contributed by atoms with Gasteiger partial charge in [-0.3, -0.25) is 9.59 Å². The molecule has 1 N–H and O–H groups in total. The molecule has 0 fully saturated rings. The molecule has 1 heterocycles. The molecule has 7 nitrogen and oxygen atoms in total. The highest BCUT2D eigenvalue weighted by atomic mass is 79.9. The Balaban J connectivity index is 1.73. The topological polar surface area (TPSA) is 90.3 Å². The molecule has 0 radical (unpaired) electrons. The monoisotopic (exact) mass is 443 g/mol. The van der Waals surface area contributed by atoms with Crippen LogP contribution in [0.4, 0.5) is 5.69 Å². The number of fused-ring (bicyclic) bond motifs is 1. The molecule has 0 aliphatic heterocycles. The fourth-order valence-corrected chi connectivity index (χ4v) is 3.16. The smallest absolute Gasteiger partial charge is 0.338 e. The summed E-state index contributed by atoms with van der Waals surface area (Å²) in [5.74, 6) is -1.09. The number of nitrogens with one attached hydrogen (secondary N) is 1. The average Bonchev–Trinajstić information content (AvgIpc) is 2.68. The summed E-state index contributed by atoms with van der Waals surface area (Å²) in [7, 11) is 0. The number of esters is 1. The number of rotatable bonds is 5. The van der Waals surface area contributed by atoms with Gasteiger partial charge in [0.15, 0.2) is 6.61 Å². The summed E-state index contributed by atoms with van der Waals surface area (Å²) >= 11 is 3.33. The van der Waals surface area contributed by atoms with Crippen molar-refractivity contribution in [2.24, 2.45) is 0 Å². The molecule has 0 atom stereocenters. The summed E-state index contributed by atoms with van der Waals surface area (Å²) in [6, 6.07) is 11.9. The number of carbonyl (C=O) groups is 2. The molecular weight excluding hydrogens is 426 g/mol. The van der Waals surface area contributed by atoms with Crippen LogP contribution in [0.15, 0.2) is 51.7 Å². The first-order chi connectivity index (χ1) is 13.4. The molecule has 28 heavy (non-hydrogen) atoms. The Morgan fingerprint density at radius 2 is 1.96 bits per heavy atom. The summed E-state index contributed by atoms with van der Waals surface area (Å²) in [6.45, 7) is 3.58. The van der Waals surface area contributed by atoms with Crippen LogP contribution in [-0.2, 0) is 16.1 Å². The van der Waals surface area contributed by atoms with Crippen LogP contribution in [0.2, 0.25) is 0 Å². The maximum absolute atomic E-state index is 12.3. The zero-order chi connectivity index (χ0) is 20.3. The third-order valence-corrected chi connectivity index (χ3v) is 4.83. The van der Waals surface area contributed by atoms with E-state index >= 15 is 0 Å². The lowest BCUT2D eigenvalue weighted by molar-refractivity contribution is -0.119. The SMILES string of the molecule is CCn1c(=O)c(C)nc2cc(C(=O)OCC(=O)Nc3ccccc3Br)ccc21. The van der Waals surface area contributed by atoms with E-state index in [1.54, 1.807) is 47.9 Å². The van der Waals surface area contributed by atoms with Crippen LogP contribution in [0.3, 0.4) is 0 Å². The number of halogens is 1. The minimum atomic E-state index is -0.641. The third kappa shape index (κ3) is 4.12. The standard InChI is InChI=1S/C20H18BrN3O4/c1-3-24-17-9-8-13(10-16(17)22-12(2)19(24)26)20(27)28-11-18(25)23-15-7-5-4-6-14(15)21/h4-10H,3,11H2,1-2H3,(H,23,25). The van der Waals surface area contributed by atoms with Crippen LogP contribution < -0.4 is 10.9 Å². The van der Waals surface area contributed by atoms with Gasteiger partial charge in [-0.1, -0.05) is 12.1 Å². The number of nitrogens with zero attached hydrogens (tertiary/aromatic N) is 2. The molecule has 8 heteroatoms. The molecule has 0 aliphatic carbocycles. The van der Waals surface area contributed by atoms with Crippen molar-refractivity contribution >= 4 is 44.5 Å². The van der Waals surface area contributed by atoms with Crippen molar-refractivity contribution in [1.82, 2.24) is 9.55 Å². The van der Waals surface area contributed by atoms with Gasteiger partial charge in [-0.2, -0.15) is 0 Å². The molecule has 2 aromatic carbocycles. The Morgan fingerprint density at radius 1 is 1.21 bits per heavy atom. The number of ether oxygens (including phenoxy) is 1. The minimum Gasteiger partial charge on any atom is -0.452 e. The summed E-state index contributed by atoms with van der Waals surface area (Å²) in [4.78, 5) is 40.7. The number of carbonyl (C=O) groups excluding carboxylic acids is 2. The molecule has 0 aliphatic rings. The second-order valence-electron chi connectivity index (χ2n) is 6.05. The Kier molecular flexibility index (Phi) is 5.89. The number of aromatic nitrogens is 2. The van der Waals surface area contributed by atoms with Crippen molar-refractivity contribution in [3.05, 3.63) is 68.5 Å². The van der Waals surface area contributed by atoms with Crippen LogP contribution in [0, 0.1) is 6.92 Å². The Morgan fingerprint density at radius 3 is 2.68 bits per heavy atom. The molecule has 144 valence electrons. The maximum atomic E-state index is 12.3. The van der Waals surface area contributed by atoms with Gasteiger partial charge < -0.3 is 14.6 Å². The average molecular weight is 444 g/mol. The third-order valence-electron chi connectivity index (χ3n) is 4.14. The van der Waals surface area contributed by atoms with Crippen LogP contribution in [0.25, 0.3) is 11.0 Å². The van der Waals surface area contributed by atoms with Gasteiger partial charge in [0.1, 0.15) is 5.69 Å². The molecule has 0 bridgehead atoms. The molecule has 0 saturated heterocycles. The molecule has 1 amide bonds. The van der Waals surface area contributed by atoms with Gasteiger partial charge in [0.25, 0.3) is 11.5 Å². The highest BCUT2D eigenvalue weighted by molar-refractivity contribution is 9.10. The first kappa shape index (κ1) is 19.8. The normalized spacial score (nSPS) is 10.7.